The molecule has 3 nitrogen and oxygen atoms in total. The smallest absolute Gasteiger partial charge is 0.124 e. The van der Waals surface area contributed by atoms with Crippen LogP contribution in [0.1, 0.15) is 11.1 Å². The van der Waals surface area contributed by atoms with Gasteiger partial charge in [-0.25, -0.2) is 0 Å². The van der Waals surface area contributed by atoms with Crippen molar-refractivity contribution in [1.82, 2.24) is 5.32 Å². The van der Waals surface area contributed by atoms with E-state index in [0.29, 0.717) is 19.7 Å². The summed E-state index contributed by atoms with van der Waals surface area (Å²) in [4.78, 5) is 0. The average Bonchev–Trinajstić information content (AvgIpc) is 2.48. The Balaban J connectivity index is 0.00000220. The third-order valence-electron chi connectivity index (χ3n) is 2.88. The number of nitrogens with one attached hydrogen (secondary N) is 1. The lowest BCUT2D eigenvalue weighted by molar-refractivity contribution is -0.00000536. The van der Waals surface area contributed by atoms with Gasteiger partial charge in [-0.1, -0.05) is 41.9 Å². The minimum absolute atomic E-state index is 0. The molecule has 0 spiro atoms. The van der Waals surface area contributed by atoms with E-state index < -0.39 is 0 Å². The van der Waals surface area contributed by atoms with Crippen LogP contribution in [0.3, 0.4) is 0 Å². The first-order valence-electron chi connectivity index (χ1n) is 6.56. The number of aliphatic hydroxyl groups is 1. The molecule has 2 N–H and O–H groups in total. The summed E-state index contributed by atoms with van der Waals surface area (Å²) in [6.07, 6.45) is 0. The van der Waals surface area contributed by atoms with Crippen LogP contribution in [0.2, 0.25) is 5.02 Å². The van der Waals surface area contributed by atoms with Gasteiger partial charge in [-0.05, 0) is 23.8 Å². The Kier molecular flexibility index (Phi) is 8.16. The quantitative estimate of drug-likeness (QED) is 0.704. The van der Waals surface area contributed by atoms with Gasteiger partial charge in [-0.15, -0.1) is 0 Å². The number of rotatable bonds is 7. The summed E-state index contributed by atoms with van der Waals surface area (Å²) < 4.78 is 5.85. The highest BCUT2D eigenvalue weighted by Crippen LogP contribution is 2.19. The lowest BCUT2D eigenvalue weighted by atomic mass is 10.2. The molecular formula is C16H18Cl2NO2-. The highest BCUT2D eigenvalue weighted by atomic mass is 35.5. The summed E-state index contributed by atoms with van der Waals surface area (Å²) in [6.45, 7) is 1.89. The molecule has 0 fully saturated rings. The van der Waals surface area contributed by atoms with Gasteiger partial charge >= 0.3 is 0 Å². The molecule has 5 heteroatoms. The molecular weight excluding hydrogens is 309 g/mol. The predicted molar refractivity (Wildman–Crippen MR) is 81.0 cm³/mol. The molecule has 0 bridgehead atoms. The molecule has 0 aromatic heterocycles. The van der Waals surface area contributed by atoms with Crippen LogP contribution < -0.4 is 22.5 Å². The number of para-hydroxylation sites is 1. The van der Waals surface area contributed by atoms with Crippen LogP contribution in [0.15, 0.2) is 48.5 Å². The molecule has 0 saturated carbocycles. The van der Waals surface area contributed by atoms with Crippen molar-refractivity contribution in [3.63, 3.8) is 0 Å². The predicted octanol–water partition coefficient (Wildman–Crippen LogP) is 0.00490. The summed E-state index contributed by atoms with van der Waals surface area (Å²) in [5.41, 5.74) is 2.16. The van der Waals surface area contributed by atoms with E-state index in [9.17, 15) is 0 Å². The molecule has 21 heavy (non-hydrogen) atoms. The number of halogens is 2. The maximum absolute atomic E-state index is 8.78. The van der Waals surface area contributed by atoms with Gasteiger partial charge in [0.05, 0.1) is 6.61 Å². The maximum Gasteiger partial charge on any atom is 0.124 e. The van der Waals surface area contributed by atoms with Gasteiger partial charge in [0.15, 0.2) is 0 Å². The van der Waals surface area contributed by atoms with Gasteiger partial charge in [-0.3, -0.25) is 0 Å². The Morgan fingerprint density at radius 3 is 2.48 bits per heavy atom. The second kappa shape index (κ2) is 9.64. The molecule has 2 rings (SSSR count). The number of ether oxygens (including phenoxy) is 1. The largest absolute Gasteiger partial charge is 1.00 e. The van der Waals surface area contributed by atoms with Crippen LogP contribution in [0.4, 0.5) is 0 Å². The lowest BCUT2D eigenvalue weighted by Crippen LogP contribution is -3.00. The second-order valence-corrected chi connectivity index (χ2v) is 4.86. The van der Waals surface area contributed by atoms with Gasteiger partial charge in [0.25, 0.3) is 0 Å². The number of benzene rings is 2. The average molecular weight is 327 g/mol. The topological polar surface area (TPSA) is 41.5 Å². The molecule has 0 atom stereocenters. The van der Waals surface area contributed by atoms with E-state index in [2.05, 4.69) is 5.32 Å². The van der Waals surface area contributed by atoms with Crippen molar-refractivity contribution in [3.8, 4) is 5.75 Å². The molecule has 2 aromatic carbocycles. The number of aliphatic hydroxyl groups excluding tert-OH is 1. The Morgan fingerprint density at radius 2 is 1.76 bits per heavy atom. The van der Waals surface area contributed by atoms with E-state index in [0.717, 1.165) is 21.9 Å². The van der Waals surface area contributed by atoms with Gasteiger partial charge in [-0.2, -0.15) is 0 Å². The van der Waals surface area contributed by atoms with Crippen molar-refractivity contribution in [3.05, 3.63) is 64.7 Å². The summed E-state index contributed by atoms with van der Waals surface area (Å²) in [7, 11) is 0. The highest BCUT2D eigenvalue weighted by Gasteiger charge is 2.03. The van der Waals surface area contributed by atoms with E-state index in [4.69, 9.17) is 21.4 Å². The molecule has 0 aliphatic carbocycles. The summed E-state index contributed by atoms with van der Waals surface area (Å²) in [5.74, 6) is 0.855. The molecule has 0 radical (unpaired) electrons. The zero-order valence-electron chi connectivity index (χ0n) is 11.6. The normalized spacial score (nSPS) is 10.0. The minimum Gasteiger partial charge on any atom is -1.00 e. The Labute approximate surface area is 136 Å². The van der Waals surface area contributed by atoms with E-state index in [1.54, 1.807) is 0 Å². The van der Waals surface area contributed by atoms with E-state index in [-0.39, 0.29) is 19.0 Å². The second-order valence-electron chi connectivity index (χ2n) is 4.42. The van der Waals surface area contributed by atoms with Gasteiger partial charge in [0.1, 0.15) is 12.4 Å². The maximum atomic E-state index is 8.78. The van der Waals surface area contributed by atoms with E-state index >= 15 is 0 Å². The molecule has 114 valence electrons. The number of hydrogen-bond donors (Lipinski definition) is 2. The third kappa shape index (κ3) is 5.94. The standard InChI is InChI=1S/C16H18ClNO2.ClH/c17-15-7-5-13(6-8-15)12-20-16-4-2-1-3-14(16)11-18-9-10-19;/h1-8,18-19H,9-12H2;1H/p-1. The first kappa shape index (κ1) is 17.8. The summed E-state index contributed by atoms with van der Waals surface area (Å²) >= 11 is 5.86. The Morgan fingerprint density at radius 1 is 1.05 bits per heavy atom. The highest BCUT2D eigenvalue weighted by molar-refractivity contribution is 6.30. The van der Waals surface area contributed by atoms with Crippen LogP contribution in [0.25, 0.3) is 0 Å². The number of hydrogen-bond acceptors (Lipinski definition) is 3. The minimum atomic E-state index is 0. The molecule has 2 aromatic rings. The SMILES string of the molecule is OCCNCc1ccccc1OCc1ccc(Cl)cc1.[Cl-]. The summed E-state index contributed by atoms with van der Waals surface area (Å²) in [5, 5.41) is 12.7. The van der Waals surface area contributed by atoms with Crippen LogP contribution >= 0.6 is 11.6 Å². The molecule has 0 amide bonds. The Hall–Kier alpha value is -1.26. The fraction of sp³-hybridized carbons (Fsp3) is 0.250. The fourth-order valence-corrected chi connectivity index (χ4v) is 1.96. The van der Waals surface area contributed by atoms with E-state index in [1.807, 2.05) is 48.5 Å². The lowest BCUT2D eigenvalue weighted by Gasteiger charge is -2.12. The first-order valence-corrected chi connectivity index (χ1v) is 6.94. The molecule has 0 saturated heterocycles. The molecule has 0 aliphatic heterocycles. The van der Waals surface area contributed by atoms with Crippen molar-refractivity contribution in [1.29, 1.82) is 0 Å². The molecule has 0 heterocycles. The third-order valence-corrected chi connectivity index (χ3v) is 3.14. The van der Waals surface area contributed by atoms with Crippen LogP contribution in [0.5, 0.6) is 5.75 Å². The fourth-order valence-electron chi connectivity index (χ4n) is 1.83. The van der Waals surface area contributed by atoms with Crippen molar-refractivity contribution in [2.45, 2.75) is 13.2 Å². The van der Waals surface area contributed by atoms with Crippen LogP contribution in [0, 0.1) is 0 Å². The monoisotopic (exact) mass is 326 g/mol. The zero-order valence-corrected chi connectivity index (χ0v) is 13.1. The van der Waals surface area contributed by atoms with E-state index in [1.165, 1.54) is 0 Å². The van der Waals surface area contributed by atoms with Gasteiger partial charge < -0.3 is 27.6 Å². The molecule has 0 aliphatic rings. The van der Waals surface area contributed by atoms with Gasteiger partial charge in [0, 0.05) is 23.7 Å². The Bertz CT molecular complexity index is 532. The van der Waals surface area contributed by atoms with Gasteiger partial charge in [0.2, 0.25) is 0 Å². The first-order chi connectivity index (χ1) is 9.79. The summed E-state index contributed by atoms with van der Waals surface area (Å²) in [6, 6.07) is 15.5. The van der Waals surface area contributed by atoms with Crippen molar-refractivity contribution in [2.24, 2.45) is 0 Å². The van der Waals surface area contributed by atoms with Crippen molar-refractivity contribution >= 4 is 11.6 Å². The van der Waals surface area contributed by atoms with Crippen LogP contribution in [-0.4, -0.2) is 18.3 Å². The van der Waals surface area contributed by atoms with Crippen molar-refractivity contribution < 1.29 is 22.3 Å². The van der Waals surface area contributed by atoms with Crippen LogP contribution in [-0.2, 0) is 13.2 Å². The zero-order chi connectivity index (χ0) is 14.2. The van der Waals surface area contributed by atoms with Crippen molar-refractivity contribution in [2.75, 3.05) is 13.2 Å². The molecule has 0 unspecified atom stereocenters.